The number of hydrogen-bond acceptors (Lipinski definition) is 4. The molecule has 1 fully saturated rings. The van der Waals surface area contributed by atoms with Gasteiger partial charge in [-0.2, -0.15) is 0 Å². The van der Waals surface area contributed by atoms with Crippen LogP contribution in [0.1, 0.15) is 17.5 Å². The van der Waals surface area contributed by atoms with E-state index in [0.717, 1.165) is 11.1 Å². The van der Waals surface area contributed by atoms with Crippen LogP contribution in [0.25, 0.3) is 0 Å². The molecule has 0 saturated carbocycles. The highest BCUT2D eigenvalue weighted by molar-refractivity contribution is 7.89. The van der Waals surface area contributed by atoms with Gasteiger partial charge in [0.2, 0.25) is 10.0 Å². The molecule has 19 heavy (non-hydrogen) atoms. The molecule has 0 radical (unpaired) electrons. The molecule has 1 aromatic rings. The van der Waals surface area contributed by atoms with Crippen LogP contribution in [0.2, 0.25) is 0 Å². The molecule has 1 aromatic carbocycles. The minimum atomic E-state index is -3.46. The Bertz CT molecular complexity index is 536. The van der Waals surface area contributed by atoms with Crippen LogP contribution in [-0.2, 0) is 19.5 Å². The fraction of sp³-hybridized carbons (Fsp3) is 0.538. The van der Waals surface area contributed by atoms with Crippen LogP contribution in [0.15, 0.2) is 23.1 Å². The summed E-state index contributed by atoms with van der Waals surface area (Å²) in [7, 11) is -3.46. The van der Waals surface area contributed by atoms with E-state index < -0.39 is 10.0 Å². The number of hydrogen-bond donors (Lipinski definition) is 1. The first-order valence-electron chi connectivity index (χ1n) is 6.29. The van der Waals surface area contributed by atoms with E-state index in [9.17, 15) is 8.42 Å². The summed E-state index contributed by atoms with van der Waals surface area (Å²) in [5.74, 6) is 0. The zero-order chi connectivity index (χ0) is 13.9. The van der Waals surface area contributed by atoms with Crippen molar-refractivity contribution in [1.29, 1.82) is 0 Å². The molecule has 1 N–H and O–H groups in total. The normalized spacial score (nSPS) is 16.9. The maximum atomic E-state index is 12.1. The minimum absolute atomic E-state index is 0.290. The molecule has 6 heteroatoms. The standard InChI is InChI=1S/C13H19NO4S/c1-10-3-4-12(11(2)9-10)19(15,16)14-6-5-13-17-7-8-18-13/h3-4,9,13-14H,5-8H2,1-2H3. The Hall–Kier alpha value is -0.950. The van der Waals surface area contributed by atoms with E-state index in [2.05, 4.69) is 4.72 Å². The van der Waals surface area contributed by atoms with Gasteiger partial charge in [0.05, 0.1) is 18.1 Å². The van der Waals surface area contributed by atoms with Gasteiger partial charge in [0.15, 0.2) is 6.29 Å². The van der Waals surface area contributed by atoms with Gasteiger partial charge in [-0.3, -0.25) is 0 Å². The van der Waals surface area contributed by atoms with Gasteiger partial charge in [-0.1, -0.05) is 17.7 Å². The van der Waals surface area contributed by atoms with Crippen molar-refractivity contribution < 1.29 is 17.9 Å². The summed E-state index contributed by atoms with van der Waals surface area (Å²) in [5, 5.41) is 0. The van der Waals surface area contributed by atoms with Crippen molar-refractivity contribution in [2.24, 2.45) is 0 Å². The van der Waals surface area contributed by atoms with Crippen molar-refractivity contribution in [3.8, 4) is 0 Å². The monoisotopic (exact) mass is 285 g/mol. The lowest BCUT2D eigenvalue weighted by Crippen LogP contribution is -2.28. The fourth-order valence-electron chi connectivity index (χ4n) is 2.06. The molecule has 106 valence electrons. The number of aryl methyl sites for hydroxylation is 2. The summed E-state index contributed by atoms with van der Waals surface area (Å²) < 4.78 is 37.4. The predicted molar refractivity (Wildman–Crippen MR) is 71.4 cm³/mol. The first-order valence-corrected chi connectivity index (χ1v) is 7.77. The lowest BCUT2D eigenvalue weighted by molar-refractivity contribution is -0.0451. The van der Waals surface area contributed by atoms with E-state index in [4.69, 9.17) is 9.47 Å². The van der Waals surface area contributed by atoms with Crippen molar-refractivity contribution >= 4 is 10.0 Å². The van der Waals surface area contributed by atoms with Crippen molar-refractivity contribution in [3.05, 3.63) is 29.3 Å². The summed E-state index contributed by atoms with van der Waals surface area (Å²) in [6, 6.07) is 5.29. The van der Waals surface area contributed by atoms with E-state index >= 15 is 0 Å². The summed E-state index contributed by atoms with van der Waals surface area (Å²) in [6.45, 7) is 5.19. The molecule has 5 nitrogen and oxygen atoms in total. The number of ether oxygens (including phenoxy) is 2. The highest BCUT2D eigenvalue weighted by Crippen LogP contribution is 2.16. The molecular weight excluding hydrogens is 266 g/mol. The van der Waals surface area contributed by atoms with Crippen LogP contribution in [0, 0.1) is 13.8 Å². The zero-order valence-electron chi connectivity index (χ0n) is 11.2. The third-order valence-electron chi connectivity index (χ3n) is 2.98. The van der Waals surface area contributed by atoms with Gasteiger partial charge in [0.1, 0.15) is 0 Å². The zero-order valence-corrected chi connectivity index (χ0v) is 12.0. The summed E-state index contributed by atoms with van der Waals surface area (Å²) in [6.07, 6.45) is 0.228. The molecule has 1 aliphatic heterocycles. The molecule has 0 aromatic heterocycles. The Morgan fingerprint density at radius 3 is 2.58 bits per heavy atom. The minimum Gasteiger partial charge on any atom is -0.350 e. The van der Waals surface area contributed by atoms with Gasteiger partial charge in [-0.05, 0) is 25.5 Å². The second kappa shape index (κ2) is 6.00. The van der Waals surface area contributed by atoms with Gasteiger partial charge in [-0.15, -0.1) is 0 Å². The van der Waals surface area contributed by atoms with Crippen molar-refractivity contribution in [3.63, 3.8) is 0 Å². The quantitative estimate of drug-likeness (QED) is 0.887. The first-order chi connectivity index (χ1) is 8.99. The molecule has 1 aliphatic rings. The van der Waals surface area contributed by atoms with Gasteiger partial charge >= 0.3 is 0 Å². The van der Waals surface area contributed by atoms with E-state index in [0.29, 0.717) is 31.1 Å². The summed E-state index contributed by atoms with van der Waals surface area (Å²) in [4.78, 5) is 0.325. The molecular formula is C13H19NO4S. The molecule has 0 atom stereocenters. The SMILES string of the molecule is Cc1ccc(S(=O)(=O)NCCC2OCCO2)c(C)c1. The van der Waals surface area contributed by atoms with E-state index in [1.54, 1.807) is 19.1 Å². The van der Waals surface area contributed by atoms with Crippen LogP contribution < -0.4 is 4.72 Å². The molecule has 0 aliphatic carbocycles. The maximum absolute atomic E-state index is 12.1. The van der Waals surface area contributed by atoms with Gasteiger partial charge in [0.25, 0.3) is 0 Å². The average Bonchev–Trinajstić information content (AvgIpc) is 2.81. The van der Waals surface area contributed by atoms with E-state index in [1.807, 2.05) is 13.0 Å². The Morgan fingerprint density at radius 1 is 1.26 bits per heavy atom. The summed E-state index contributed by atoms with van der Waals surface area (Å²) in [5.41, 5.74) is 1.80. The van der Waals surface area contributed by atoms with Crippen LogP contribution >= 0.6 is 0 Å². The number of nitrogens with one attached hydrogen (secondary N) is 1. The molecule has 2 rings (SSSR count). The smallest absolute Gasteiger partial charge is 0.240 e. The third kappa shape index (κ3) is 3.76. The average molecular weight is 285 g/mol. The Labute approximate surface area is 114 Å². The molecule has 0 unspecified atom stereocenters. The van der Waals surface area contributed by atoms with Crippen molar-refractivity contribution in [2.45, 2.75) is 31.5 Å². The highest BCUT2D eigenvalue weighted by Gasteiger charge is 2.19. The van der Waals surface area contributed by atoms with Gasteiger partial charge < -0.3 is 9.47 Å². The topological polar surface area (TPSA) is 64.6 Å². The molecule has 0 amide bonds. The van der Waals surface area contributed by atoms with Gasteiger partial charge in [0, 0.05) is 13.0 Å². The molecule has 1 saturated heterocycles. The predicted octanol–water partition coefficient (Wildman–Crippen LogP) is 1.34. The van der Waals surface area contributed by atoms with Crippen LogP contribution in [0.3, 0.4) is 0 Å². The number of benzene rings is 1. The van der Waals surface area contributed by atoms with Crippen molar-refractivity contribution in [2.75, 3.05) is 19.8 Å². The second-order valence-corrected chi connectivity index (χ2v) is 6.36. The Kier molecular flexibility index (Phi) is 4.57. The fourth-order valence-corrected chi connectivity index (χ4v) is 3.34. The molecule has 0 spiro atoms. The second-order valence-electron chi connectivity index (χ2n) is 4.63. The maximum Gasteiger partial charge on any atom is 0.240 e. The van der Waals surface area contributed by atoms with Crippen LogP contribution in [-0.4, -0.2) is 34.5 Å². The summed E-state index contributed by atoms with van der Waals surface area (Å²) >= 11 is 0. The third-order valence-corrected chi connectivity index (χ3v) is 4.60. The molecule has 1 heterocycles. The van der Waals surface area contributed by atoms with Crippen LogP contribution in [0.4, 0.5) is 0 Å². The largest absolute Gasteiger partial charge is 0.350 e. The first kappa shape index (κ1) is 14.5. The van der Waals surface area contributed by atoms with E-state index in [-0.39, 0.29) is 6.29 Å². The van der Waals surface area contributed by atoms with Crippen molar-refractivity contribution in [1.82, 2.24) is 4.72 Å². The van der Waals surface area contributed by atoms with E-state index in [1.165, 1.54) is 0 Å². The molecule has 0 bridgehead atoms. The Balaban J connectivity index is 1.97. The van der Waals surface area contributed by atoms with Gasteiger partial charge in [-0.25, -0.2) is 13.1 Å². The highest BCUT2D eigenvalue weighted by atomic mass is 32.2. The number of rotatable bonds is 5. The lowest BCUT2D eigenvalue weighted by Gasteiger charge is -2.12. The number of sulfonamides is 1. The Morgan fingerprint density at radius 2 is 1.95 bits per heavy atom. The lowest BCUT2D eigenvalue weighted by atomic mass is 10.2. The van der Waals surface area contributed by atoms with Crippen LogP contribution in [0.5, 0.6) is 0 Å².